The second-order valence-corrected chi connectivity index (χ2v) is 6.16. The maximum atomic E-state index is 9.14. The summed E-state index contributed by atoms with van der Waals surface area (Å²) in [5.41, 5.74) is 1.64. The molecule has 1 fully saturated rings. The molecule has 1 heterocycles. The van der Waals surface area contributed by atoms with Crippen LogP contribution in [0.2, 0.25) is 0 Å². The van der Waals surface area contributed by atoms with Gasteiger partial charge in [-0.2, -0.15) is 0 Å². The zero-order valence-corrected chi connectivity index (χ0v) is 11.6. The Labute approximate surface area is 115 Å². The molecule has 3 heteroatoms. The minimum absolute atomic E-state index is 0.307. The molecule has 2 N–H and O–H groups in total. The lowest BCUT2D eigenvalue weighted by Gasteiger charge is -2.33. The third-order valence-electron chi connectivity index (χ3n) is 4.62. The number of rotatable bonds is 5. The minimum Gasteiger partial charge on any atom is -0.493 e. The Morgan fingerprint density at radius 3 is 2.89 bits per heavy atom. The Bertz CT molecular complexity index is 442. The molecular formula is C16H23NO2. The maximum Gasteiger partial charge on any atom is 0.124 e. The molecule has 0 aromatic heterocycles. The Balaban J connectivity index is 1.70. The highest BCUT2D eigenvalue weighted by Crippen LogP contribution is 2.48. The van der Waals surface area contributed by atoms with Gasteiger partial charge in [-0.3, -0.25) is 0 Å². The molecule has 104 valence electrons. The fourth-order valence-corrected chi connectivity index (χ4v) is 3.06. The van der Waals surface area contributed by atoms with Crippen molar-refractivity contribution in [2.24, 2.45) is 11.3 Å². The van der Waals surface area contributed by atoms with Crippen LogP contribution in [0.1, 0.15) is 37.8 Å². The van der Waals surface area contributed by atoms with Crippen LogP contribution >= 0.6 is 0 Å². The van der Waals surface area contributed by atoms with E-state index in [0.717, 1.165) is 25.3 Å². The normalized spacial score (nSPS) is 27.5. The van der Waals surface area contributed by atoms with Gasteiger partial charge in [0.2, 0.25) is 0 Å². The molecule has 3 rings (SSSR count). The molecule has 19 heavy (non-hydrogen) atoms. The first kappa shape index (κ1) is 12.9. The van der Waals surface area contributed by atoms with E-state index in [1.54, 1.807) is 0 Å². The van der Waals surface area contributed by atoms with Crippen molar-refractivity contribution in [1.82, 2.24) is 5.32 Å². The maximum absolute atomic E-state index is 9.14. The van der Waals surface area contributed by atoms with E-state index in [1.165, 1.54) is 18.4 Å². The van der Waals surface area contributed by atoms with Crippen molar-refractivity contribution in [2.75, 3.05) is 19.8 Å². The van der Waals surface area contributed by atoms with Crippen molar-refractivity contribution < 1.29 is 9.84 Å². The molecule has 2 atom stereocenters. The van der Waals surface area contributed by atoms with Gasteiger partial charge in [0.05, 0.1) is 6.61 Å². The standard InChI is InChI=1S/C16H23NO2/c1-12-10-19-14-5-3-2-4-13(14)15(12)17-11-16(6-7-16)8-9-18/h2-5,12,15,17-18H,6-11H2,1H3. The van der Waals surface area contributed by atoms with Crippen molar-refractivity contribution in [2.45, 2.75) is 32.2 Å². The SMILES string of the molecule is CC1COc2ccccc2C1NCC1(CCO)CC1. The topological polar surface area (TPSA) is 41.5 Å². The van der Waals surface area contributed by atoms with Gasteiger partial charge in [0, 0.05) is 30.7 Å². The van der Waals surface area contributed by atoms with Gasteiger partial charge in [0.1, 0.15) is 5.75 Å². The van der Waals surface area contributed by atoms with Crippen molar-refractivity contribution >= 4 is 0 Å². The van der Waals surface area contributed by atoms with E-state index in [9.17, 15) is 0 Å². The molecule has 1 aliphatic heterocycles. The largest absolute Gasteiger partial charge is 0.493 e. The molecule has 2 unspecified atom stereocenters. The summed E-state index contributed by atoms with van der Waals surface area (Å²) in [6.07, 6.45) is 3.43. The van der Waals surface area contributed by atoms with E-state index in [-0.39, 0.29) is 0 Å². The number of para-hydroxylation sites is 1. The first-order valence-electron chi connectivity index (χ1n) is 7.30. The Kier molecular flexibility index (Phi) is 3.50. The van der Waals surface area contributed by atoms with E-state index in [1.807, 2.05) is 6.07 Å². The average molecular weight is 261 g/mol. The number of hydrogen-bond donors (Lipinski definition) is 2. The Hall–Kier alpha value is -1.06. The first-order valence-corrected chi connectivity index (χ1v) is 7.30. The molecule has 1 aromatic carbocycles. The van der Waals surface area contributed by atoms with Crippen LogP contribution in [0.4, 0.5) is 0 Å². The summed E-state index contributed by atoms with van der Waals surface area (Å²) in [7, 11) is 0. The third-order valence-corrected chi connectivity index (χ3v) is 4.62. The highest BCUT2D eigenvalue weighted by molar-refractivity contribution is 5.38. The first-order chi connectivity index (χ1) is 9.24. The summed E-state index contributed by atoms with van der Waals surface area (Å²) in [5, 5.41) is 12.9. The van der Waals surface area contributed by atoms with E-state index in [4.69, 9.17) is 9.84 Å². The monoisotopic (exact) mass is 261 g/mol. The van der Waals surface area contributed by atoms with E-state index in [0.29, 0.717) is 24.0 Å². The fraction of sp³-hybridized carbons (Fsp3) is 0.625. The highest BCUT2D eigenvalue weighted by Gasteiger charge is 2.42. The molecule has 0 radical (unpaired) electrons. The van der Waals surface area contributed by atoms with E-state index >= 15 is 0 Å². The summed E-state index contributed by atoms with van der Waals surface area (Å²) in [4.78, 5) is 0. The zero-order valence-electron chi connectivity index (χ0n) is 11.6. The zero-order chi connectivity index (χ0) is 13.3. The Morgan fingerprint density at radius 1 is 1.37 bits per heavy atom. The average Bonchev–Trinajstić information content (AvgIpc) is 3.18. The van der Waals surface area contributed by atoms with Crippen LogP contribution in [0.5, 0.6) is 5.75 Å². The number of nitrogens with one attached hydrogen (secondary N) is 1. The molecular weight excluding hydrogens is 238 g/mol. The smallest absolute Gasteiger partial charge is 0.124 e. The summed E-state index contributed by atoms with van der Waals surface area (Å²) < 4.78 is 5.78. The molecule has 0 bridgehead atoms. The molecule has 2 aliphatic rings. The van der Waals surface area contributed by atoms with Crippen molar-refractivity contribution in [3.8, 4) is 5.75 Å². The third kappa shape index (κ3) is 2.63. The van der Waals surface area contributed by atoms with Crippen molar-refractivity contribution in [1.29, 1.82) is 0 Å². The fourth-order valence-electron chi connectivity index (χ4n) is 3.06. The number of benzene rings is 1. The molecule has 1 aliphatic carbocycles. The lowest BCUT2D eigenvalue weighted by Crippen LogP contribution is -2.37. The van der Waals surface area contributed by atoms with Gasteiger partial charge in [-0.05, 0) is 30.7 Å². The summed E-state index contributed by atoms with van der Waals surface area (Å²) in [6.45, 7) is 4.33. The number of fused-ring (bicyclic) bond motifs is 1. The molecule has 3 nitrogen and oxygen atoms in total. The van der Waals surface area contributed by atoms with Crippen LogP contribution in [-0.2, 0) is 0 Å². The van der Waals surface area contributed by atoms with Crippen LogP contribution in [0.3, 0.4) is 0 Å². The van der Waals surface area contributed by atoms with Crippen LogP contribution in [0.25, 0.3) is 0 Å². The predicted molar refractivity (Wildman–Crippen MR) is 75.2 cm³/mol. The number of ether oxygens (including phenoxy) is 1. The number of aliphatic hydroxyl groups is 1. The highest BCUT2D eigenvalue weighted by atomic mass is 16.5. The summed E-state index contributed by atoms with van der Waals surface area (Å²) in [6, 6.07) is 8.70. The minimum atomic E-state index is 0.307. The molecule has 1 saturated carbocycles. The van der Waals surface area contributed by atoms with Gasteiger partial charge in [0.15, 0.2) is 0 Å². The molecule has 1 aromatic rings. The lowest BCUT2D eigenvalue weighted by molar-refractivity contribution is 0.178. The molecule has 0 spiro atoms. The van der Waals surface area contributed by atoms with Crippen molar-refractivity contribution in [3.63, 3.8) is 0 Å². The lowest BCUT2D eigenvalue weighted by atomic mass is 9.91. The van der Waals surface area contributed by atoms with E-state index in [2.05, 4.69) is 30.4 Å². The number of hydrogen-bond acceptors (Lipinski definition) is 3. The second-order valence-electron chi connectivity index (χ2n) is 6.16. The predicted octanol–water partition coefficient (Wildman–Crippen LogP) is 2.51. The quantitative estimate of drug-likeness (QED) is 0.855. The van der Waals surface area contributed by atoms with Crippen LogP contribution in [-0.4, -0.2) is 24.9 Å². The van der Waals surface area contributed by atoms with Gasteiger partial charge in [-0.25, -0.2) is 0 Å². The van der Waals surface area contributed by atoms with Crippen LogP contribution < -0.4 is 10.1 Å². The Morgan fingerprint density at radius 2 is 2.16 bits per heavy atom. The molecule has 0 saturated heterocycles. The van der Waals surface area contributed by atoms with Crippen molar-refractivity contribution in [3.05, 3.63) is 29.8 Å². The van der Waals surface area contributed by atoms with Gasteiger partial charge >= 0.3 is 0 Å². The second kappa shape index (κ2) is 5.14. The number of aliphatic hydroxyl groups excluding tert-OH is 1. The van der Waals surface area contributed by atoms with Gasteiger partial charge in [-0.1, -0.05) is 25.1 Å². The van der Waals surface area contributed by atoms with Gasteiger partial charge in [0.25, 0.3) is 0 Å². The molecule has 0 amide bonds. The van der Waals surface area contributed by atoms with Gasteiger partial charge < -0.3 is 15.2 Å². The van der Waals surface area contributed by atoms with Gasteiger partial charge in [-0.15, -0.1) is 0 Å². The van der Waals surface area contributed by atoms with Crippen LogP contribution in [0.15, 0.2) is 24.3 Å². The van der Waals surface area contributed by atoms with E-state index < -0.39 is 0 Å². The summed E-state index contributed by atoms with van der Waals surface area (Å²) >= 11 is 0. The van der Waals surface area contributed by atoms with Crippen LogP contribution in [0, 0.1) is 11.3 Å². The summed E-state index contributed by atoms with van der Waals surface area (Å²) in [5.74, 6) is 1.50.